The molecule has 1 aliphatic rings. The van der Waals surface area contributed by atoms with Crippen molar-refractivity contribution < 1.29 is 13.9 Å². The van der Waals surface area contributed by atoms with E-state index in [1.54, 1.807) is 25.4 Å². The summed E-state index contributed by atoms with van der Waals surface area (Å²) in [7, 11) is 1.66. The number of hydrogen-bond donors (Lipinski definition) is 2. The number of halogens is 1. The summed E-state index contributed by atoms with van der Waals surface area (Å²) in [4.78, 5) is 23.2. The smallest absolute Gasteiger partial charge is 0.317 e. The number of likely N-dealkylation sites (tertiary alicyclic amines) is 1. The van der Waals surface area contributed by atoms with E-state index in [-0.39, 0.29) is 17.8 Å². The zero-order valence-corrected chi connectivity index (χ0v) is 16.7. The van der Waals surface area contributed by atoms with Crippen molar-refractivity contribution in [3.8, 4) is 11.3 Å². The van der Waals surface area contributed by atoms with E-state index in [9.17, 15) is 9.18 Å². The van der Waals surface area contributed by atoms with E-state index in [1.165, 1.54) is 12.1 Å². The minimum absolute atomic E-state index is 0.0357. The molecule has 2 aromatic rings. The normalized spacial score (nSPS) is 14.8. The highest BCUT2D eigenvalue weighted by Gasteiger charge is 2.25. The van der Waals surface area contributed by atoms with Gasteiger partial charge in [-0.25, -0.2) is 19.2 Å². The van der Waals surface area contributed by atoms with E-state index in [0.29, 0.717) is 32.8 Å². The first-order chi connectivity index (χ1) is 14.2. The number of carbonyl (C=O) groups excluding carboxylic acids is 1. The number of hydrogen-bond acceptors (Lipinski definition) is 5. The maximum absolute atomic E-state index is 13.5. The van der Waals surface area contributed by atoms with Crippen molar-refractivity contribution in [3.63, 3.8) is 0 Å². The molecule has 7 nitrogen and oxygen atoms in total. The number of carbonyl (C=O) groups is 1. The van der Waals surface area contributed by atoms with Gasteiger partial charge in [-0.2, -0.15) is 0 Å². The number of urea groups is 1. The van der Waals surface area contributed by atoms with Gasteiger partial charge in [0, 0.05) is 57.5 Å². The SMILES string of the molecule is COCCNCCNC(=O)N1CCC(c2nccc(-c3cccc(F)c3)n2)CC1. The predicted molar refractivity (Wildman–Crippen MR) is 109 cm³/mol. The van der Waals surface area contributed by atoms with Gasteiger partial charge in [-0.05, 0) is 31.0 Å². The van der Waals surface area contributed by atoms with Crippen LogP contribution in [0.5, 0.6) is 0 Å². The van der Waals surface area contributed by atoms with Crippen LogP contribution in [-0.4, -0.2) is 67.3 Å². The fourth-order valence-electron chi connectivity index (χ4n) is 3.39. The third-order valence-corrected chi connectivity index (χ3v) is 5.00. The summed E-state index contributed by atoms with van der Waals surface area (Å²) in [5, 5.41) is 6.13. The Kier molecular flexibility index (Phi) is 7.89. The summed E-state index contributed by atoms with van der Waals surface area (Å²) in [5.41, 5.74) is 1.46. The molecule has 1 fully saturated rings. The number of nitrogens with zero attached hydrogens (tertiary/aromatic N) is 3. The van der Waals surface area contributed by atoms with Crippen molar-refractivity contribution in [2.24, 2.45) is 0 Å². The highest BCUT2D eigenvalue weighted by molar-refractivity contribution is 5.74. The lowest BCUT2D eigenvalue weighted by molar-refractivity contribution is 0.180. The monoisotopic (exact) mass is 401 g/mol. The van der Waals surface area contributed by atoms with Gasteiger partial charge in [0.05, 0.1) is 12.3 Å². The molecule has 2 heterocycles. The molecule has 0 spiro atoms. The zero-order valence-electron chi connectivity index (χ0n) is 16.7. The molecule has 0 unspecified atom stereocenters. The second-order valence-electron chi connectivity index (χ2n) is 7.05. The molecule has 3 rings (SSSR count). The number of methoxy groups -OCH3 is 1. The van der Waals surface area contributed by atoms with Gasteiger partial charge in [-0.3, -0.25) is 0 Å². The van der Waals surface area contributed by atoms with Crippen LogP contribution in [0.1, 0.15) is 24.6 Å². The molecular weight excluding hydrogens is 373 g/mol. The summed E-state index contributed by atoms with van der Waals surface area (Å²) in [5.74, 6) is 0.674. The van der Waals surface area contributed by atoms with Crippen molar-refractivity contribution in [3.05, 3.63) is 48.2 Å². The number of aromatic nitrogens is 2. The molecule has 0 bridgehead atoms. The lowest BCUT2D eigenvalue weighted by Crippen LogP contribution is -2.46. The first-order valence-corrected chi connectivity index (χ1v) is 9.98. The Hall–Kier alpha value is -2.58. The molecular formula is C21H28FN5O2. The molecule has 2 amide bonds. The van der Waals surface area contributed by atoms with Gasteiger partial charge in [0.2, 0.25) is 0 Å². The van der Waals surface area contributed by atoms with Crippen LogP contribution < -0.4 is 10.6 Å². The molecule has 0 radical (unpaired) electrons. The summed E-state index contributed by atoms with van der Waals surface area (Å²) >= 11 is 0. The number of ether oxygens (including phenoxy) is 1. The topological polar surface area (TPSA) is 79.4 Å². The summed E-state index contributed by atoms with van der Waals surface area (Å²) < 4.78 is 18.5. The lowest BCUT2D eigenvalue weighted by atomic mass is 9.96. The maximum Gasteiger partial charge on any atom is 0.317 e. The zero-order chi connectivity index (χ0) is 20.5. The van der Waals surface area contributed by atoms with Crippen LogP contribution in [0.15, 0.2) is 36.5 Å². The molecule has 156 valence electrons. The van der Waals surface area contributed by atoms with Crippen LogP contribution in [0.25, 0.3) is 11.3 Å². The van der Waals surface area contributed by atoms with E-state index in [0.717, 1.165) is 36.5 Å². The Bertz CT molecular complexity index is 796. The van der Waals surface area contributed by atoms with E-state index >= 15 is 0 Å². The van der Waals surface area contributed by atoms with Gasteiger partial charge in [0.1, 0.15) is 11.6 Å². The van der Waals surface area contributed by atoms with Crippen molar-refractivity contribution in [1.82, 2.24) is 25.5 Å². The van der Waals surface area contributed by atoms with Crippen LogP contribution in [0.4, 0.5) is 9.18 Å². The van der Waals surface area contributed by atoms with Gasteiger partial charge >= 0.3 is 6.03 Å². The van der Waals surface area contributed by atoms with E-state index in [2.05, 4.69) is 20.6 Å². The average Bonchev–Trinajstić information content (AvgIpc) is 2.76. The van der Waals surface area contributed by atoms with Crippen molar-refractivity contribution in [1.29, 1.82) is 0 Å². The van der Waals surface area contributed by atoms with Crippen LogP contribution >= 0.6 is 0 Å². The Labute approximate surface area is 170 Å². The molecule has 1 aliphatic heterocycles. The highest BCUT2D eigenvalue weighted by atomic mass is 19.1. The minimum atomic E-state index is -0.282. The van der Waals surface area contributed by atoms with Crippen LogP contribution in [0.2, 0.25) is 0 Å². The molecule has 2 N–H and O–H groups in total. The fraction of sp³-hybridized carbons (Fsp3) is 0.476. The number of amides is 2. The van der Waals surface area contributed by atoms with Gasteiger partial charge in [-0.1, -0.05) is 12.1 Å². The maximum atomic E-state index is 13.5. The Morgan fingerprint density at radius 2 is 2.07 bits per heavy atom. The Morgan fingerprint density at radius 3 is 2.83 bits per heavy atom. The number of benzene rings is 1. The standard InChI is InChI=1S/C21H28FN5O2/c1-29-14-11-23-9-10-25-21(28)27-12-6-16(7-13-27)20-24-8-5-19(26-20)17-3-2-4-18(22)15-17/h2-5,8,15-16,23H,6-7,9-14H2,1H3,(H,25,28). The molecule has 0 aliphatic carbocycles. The van der Waals surface area contributed by atoms with Crippen molar-refractivity contribution in [2.45, 2.75) is 18.8 Å². The molecule has 1 aromatic heterocycles. The van der Waals surface area contributed by atoms with E-state index in [4.69, 9.17) is 4.74 Å². The largest absolute Gasteiger partial charge is 0.383 e. The predicted octanol–water partition coefficient (Wildman–Crippen LogP) is 2.41. The van der Waals surface area contributed by atoms with Crippen LogP contribution in [0, 0.1) is 5.82 Å². The summed E-state index contributed by atoms with van der Waals surface area (Å²) in [6, 6.07) is 8.17. The number of rotatable bonds is 8. The first kappa shape index (κ1) is 21.1. The fourth-order valence-corrected chi connectivity index (χ4v) is 3.39. The van der Waals surface area contributed by atoms with Crippen molar-refractivity contribution >= 4 is 6.03 Å². The first-order valence-electron chi connectivity index (χ1n) is 9.98. The molecule has 0 atom stereocenters. The molecule has 1 saturated heterocycles. The minimum Gasteiger partial charge on any atom is -0.383 e. The third-order valence-electron chi connectivity index (χ3n) is 5.00. The third kappa shape index (κ3) is 6.20. The van der Waals surface area contributed by atoms with E-state index < -0.39 is 0 Å². The van der Waals surface area contributed by atoms with Crippen LogP contribution in [0.3, 0.4) is 0 Å². The quantitative estimate of drug-likeness (QED) is 0.664. The van der Waals surface area contributed by atoms with Gasteiger partial charge in [0.25, 0.3) is 0 Å². The molecule has 0 saturated carbocycles. The second-order valence-corrected chi connectivity index (χ2v) is 7.05. The summed E-state index contributed by atoms with van der Waals surface area (Å²) in [6.45, 7) is 4.06. The van der Waals surface area contributed by atoms with Gasteiger partial charge in [-0.15, -0.1) is 0 Å². The molecule has 29 heavy (non-hydrogen) atoms. The highest BCUT2D eigenvalue weighted by Crippen LogP contribution is 2.27. The summed E-state index contributed by atoms with van der Waals surface area (Å²) in [6.07, 6.45) is 3.34. The Balaban J connectivity index is 1.48. The molecule has 1 aromatic carbocycles. The van der Waals surface area contributed by atoms with E-state index in [1.807, 2.05) is 11.0 Å². The lowest BCUT2D eigenvalue weighted by Gasteiger charge is -2.31. The average molecular weight is 401 g/mol. The molecule has 8 heteroatoms. The number of piperidine rings is 1. The van der Waals surface area contributed by atoms with Gasteiger partial charge in [0.15, 0.2) is 0 Å². The second kappa shape index (κ2) is 10.8. The van der Waals surface area contributed by atoms with Crippen LogP contribution in [-0.2, 0) is 4.74 Å². The van der Waals surface area contributed by atoms with Gasteiger partial charge < -0.3 is 20.3 Å². The van der Waals surface area contributed by atoms with Crippen molar-refractivity contribution in [2.75, 3.05) is 46.4 Å². The number of nitrogens with one attached hydrogen (secondary N) is 2. The Morgan fingerprint density at radius 1 is 1.24 bits per heavy atom.